The molecule has 0 atom stereocenters. The van der Waals surface area contributed by atoms with Crippen LogP contribution in [0.5, 0.6) is 11.5 Å². The highest BCUT2D eigenvalue weighted by Gasteiger charge is 2.21. The molecule has 2 N–H and O–H groups in total. The zero-order valence-corrected chi connectivity index (χ0v) is 12.0. The molecule has 1 aromatic carbocycles. The maximum absolute atomic E-state index is 12.3. The maximum atomic E-state index is 12.3. The summed E-state index contributed by atoms with van der Waals surface area (Å²) in [6.07, 6.45) is 0.147. The molecule has 0 bridgehead atoms. The van der Waals surface area contributed by atoms with Crippen molar-refractivity contribution in [1.82, 2.24) is 4.90 Å². The largest absolute Gasteiger partial charge is 0.454 e. The first-order chi connectivity index (χ1) is 9.49. The van der Waals surface area contributed by atoms with Gasteiger partial charge < -0.3 is 24.8 Å². The number of carbonyl (C=O) groups excluding carboxylic acids is 1. The fourth-order valence-electron chi connectivity index (χ4n) is 1.88. The minimum Gasteiger partial charge on any atom is -0.454 e. The molecule has 0 aromatic heterocycles. The third-order valence-electron chi connectivity index (χ3n) is 3.00. The normalized spacial score (nSPS) is 12.8. The van der Waals surface area contributed by atoms with Crippen LogP contribution < -0.4 is 15.2 Å². The van der Waals surface area contributed by atoms with Crippen molar-refractivity contribution in [3.8, 4) is 11.5 Å². The smallest absolute Gasteiger partial charge is 0.255 e. The van der Waals surface area contributed by atoms with Crippen molar-refractivity contribution in [2.24, 2.45) is 0 Å². The second-order valence-corrected chi connectivity index (χ2v) is 4.94. The Morgan fingerprint density at radius 3 is 2.70 bits per heavy atom. The molecule has 0 aliphatic carbocycles. The molecule has 0 spiro atoms. The van der Waals surface area contributed by atoms with Crippen molar-refractivity contribution < 1.29 is 19.0 Å². The number of anilines is 1. The predicted octanol–water partition coefficient (Wildman–Crippen LogP) is 1.49. The number of hydrogen-bond donors (Lipinski definition) is 1. The van der Waals surface area contributed by atoms with Crippen molar-refractivity contribution in [3.63, 3.8) is 0 Å². The van der Waals surface area contributed by atoms with Crippen LogP contribution in [-0.4, -0.2) is 43.9 Å². The van der Waals surface area contributed by atoms with Gasteiger partial charge in [0.05, 0.1) is 18.3 Å². The molecular formula is C14H20N2O4. The molecule has 6 nitrogen and oxygen atoms in total. The van der Waals surface area contributed by atoms with Crippen LogP contribution in [0.2, 0.25) is 0 Å². The molecule has 0 saturated heterocycles. The summed E-state index contributed by atoms with van der Waals surface area (Å²) in [7, 11) is 1.72. The van der Waals surface area contributed by atoms with Crippen LogP contribution in [0, 0.1) is 0 Å². The standard InChI is InChI=1S/C14H20N2O4/c1-9(2)18-5-4-16(3)14(17)10-6-12-13(7-11(10)15)20-8-19-12/h6-7,9H,4-5,8,15H2,1-3H3. The van der Waals surface area contributed by atoms with Gasteiger partial charge in [-0.2, -0.15) is 0 Å². The predicted molar refractivity (Wildman–Crippen MR) is 75.0 cm³/mol. The van der Waals surface area contributed by atoms with Gasteiger partial charge in [0.25, 0.3) is 5.91 Å². The average molecular weight is 280 g/mol. The number of likely N-dealkylation sites (N-methyl/N-ethyl adjacent to an activating group) is 1. The Morgan fingerprint density at radius 1 is 1.40 bits per heavy atom. The van der Waals surface area contributed by atoms with Gasteiger partial charge in [-0.3, -0.25) is 4.79 Å². The second kappa shape index (κ2) is 6.00. The Hall–Kier alpha value is -1.95. The van der Waals surface area contributed by atoms with E-state index in [2.05, 4.69) is 0 Å². The van der Waals surface area contributed by atoms with Crippen LogP contribution >= 0.6 is 0 Å². The summed E-state index contributed by atoms with van der Waals surface area (Å²) in [5, 5.41) is 0. The van der Waals surface area contributed by atoms with Crippen LogP contribution in [0.1, 0.15) is 24.2 Å². The lowest BCUT2D eigenvalue weighted by Gasteiger charge is -2.19. The minimum absolute atomic E-state index is 0.147. The van der Waals surface area contributed by atoms with Gasteiger partial charge in [-0.1, -0.05) is 0 Å². The van der Waals surface area contributed by atoms with Gasteiger partial charge in [0.15, 0.2) is 11.5 Å². The average Bonchev–Trinajstić information content (AvgIpc) is 2.83. The summed E-state index contributed by atoms with van der Waals surface area (Å²) in [6, 6.07) is 3.24. The lowest BCUT2D eigenvalue weighted by Crippen LogP contribution is -2.31. The van der Waals surface area contributed by atoms with Crippen LogP contribution in [0.3, 0.4) is 0 Å². The quantitative estimate of drug-likeness (QED) is 0.827. The lowest BCUT2D eigenvalue weighted by molar-refractivity contribution is 0.0532. The van der Waals surface area contributed by atoms with Crippen molar-refractivity contribution in [1.29, 1.82) is 0 Å². The highest BCUT2D eigenvalue weighted by molar-refractivity contribution is 6.00. The molecule has 110 valence electrons. The molecule has 6 heteroatoms. The molecule has 1 aliphatic rings. The summed E-state index contributed by atoms with van der Waals surface area (Å²) in [5.74, 6) is 0.965. The SMILES string of the molecule is CC(C)OCCN(C)C(=O)c1cc2c(cc1N)OCO2. The number of nitrogen functional groups attached to an aromatic ring is 1. The van der Waals surface area contributed by atoms with E-state index in [1.54, 1.807) is 24.1 Å². The fraction of sp³-hybridized carbons (Fsp3) is 0.500. The second-order valence-electron chi connectivity index (χ2n) is 4.94. The summed E-state index contributed by atoms with van der Waals surface area (Å²) in [5.41, 5.74) is 6.70. The van der Waals surface area contributed by atoms with Gasteiger partial charge in [0.1, 0.15) is 0 Å². The van der Waals surface area contributed by atoms with E-state index >= 15 is 0 Å². The zero-order chi connectivity index (χ0) is 14.7. The molecule has 1 aliphatic heterocycles. The molecule has 2 rings (SSSR count). The van der Waals surface area contributed by atoms with Crippen molar-refractivity contribution in [2.45, 2.75) is 20.0 Å². The van der Waals surface area contributed by atoms with Crippen molar-refractivity contribution in [2.75, 3.05) is 32.7 Å². The number of carbonyl (C=O) groups is 1. The number of fused-ring (bicyclic) bond motifs is 1. The third-order valence-corrected chi connectivity index (χ3v) is 3.00. The lowest BCUT2D eigenvalue weighted by atomic mass is 10.1. The topological polar surface area (TPSA) is 74.0 Å². The van der Waals surface area contributed by atoms with Gasteiger partial charge in [-0.05, 0) is 19.9 Å². The van der Waals surface area contributed by atoms with E-state index in [0.29, 0.717) is 35.9 Å². The monoisotopic (exact) mass is 280 g/mol. The van der Waals surface area contributed by atoms with Crippen LogP contribution in [0.15, 0.2) is 12.1 Å². The van der Waals surface area contributed by atoms with E-state index in [4.69, 9.17) is 19.9 Å². The molecule has 0 saturated carbocycles. The zero-order valence-electron chi connectivity index (χ0n) is 12.0. The maximum Gasteiger partial charge on any atom is 0.255 e. The molecule has 1 aromatic rings. The van der Waals surface area contributed by atoms with Crippen molar-refractivity contribution in [3.05, 3.63) is 17.7 Å². The van der Waals surface area contributed by atoms with Gasteiger partial charge >= 0.3 is 0 Å². The van der Waals surface area contributed by atoms with Gasteiger partial charge in [0, 0.05) is 25.3 Å². The highest BCUT2D eigenvalue weighted by Crippen LogP contribution is 2.36. The first-order valence-corrected chi connectivity index (χ1v) is 6.55. The molecule has 1 amide bonds. The summed E-state index contributed by atoms with van der Waals surface area (Å²) in [4.78, 5) is 13.9. The van der Waals surface area contributed by atoms with E-state index in [0.717, 1.165) is 0 Å². The Morgan fingerprint density at radius 2 is 2.05 bits per heavy atom. The summed E-state index contributed by atoms with van der Waals surface area (Å²) < 4.78 is 15.9. The third kappa shape index (κ3) is 3.14. The van der Waals surface area contributed by atoms with Crippen LogP contribution in [-0.2, 0) is 4.74 Å². The first-order valence-electron chi connectivity index (χ1n) is 6.55. The molecule has 0 unspecified atom stereocenters. The Labute approximate surface area is 118 Å². The minimum atomic E-state index is -0.159. The molecule has 1 heterocycles. The van der Waals surface area contributed by atoms with E-state index in [1.165, 1.54) is 0 Å². The number of benzene rings is 1. The van der Waals surface area contributed by atoms with Crippen molar-refractivity contribution >= 4 is 11.6 Å². The van der Waals surface area contributed by atoms with Gasteiger partial charge in [-0.15, -0.1) is 0 Å². The summed E-state index contributed by atoms with van der Waals surface area (Å²) >= 11 is 0. The van der Waals surface area contributed by atoms with E-state index in [-0.39, 0.29) is 18.8 Å². The highest BCUT2D eigenvalue weighted by atomic mass is 16.7. The molecule has 0 radical (unpaired) electrons. The Balaban J connectivity index is 2.05. The number of rotatable bonds is 5. The number of hydrogen-bond acceptors (Lipinski definition) is 5. The summed E-state index contributed by atoms with van der Waals surface area (Å²) in [6.45, 7) is 5.06. The Bertz CT molecular complexity index is 502. The number of ether oxygens (including phenoxy) is 3. The van der Waals surface area contributed by atoms with E-state index in [9.17, 15) is 4.79 Å². The van der Waals surface area contributed by atoms with E-state index < -0.39 is 0 Å². The van der Waals surface area contributed by atoms with E-state index in [1.807, 2.05) is 13.8 Å². The molecule has 20 heavy (non-hydrogen) atoms. The fourth-order valence-corrected chi connectivity index (χ4v) is 1.88. The number of nitrogens with zero attached hydrogens (tertiary/aromatic N) is 1. The molecular weight excluding hydrogens is 260 g/mol. The molecule has 0 fully saturated rings. The first kappa shape index (κ1) is 14.5. The van der Waals surface area contributed by atoms with Gasteiger partial charge in [-0.25, -0.2) is 0 Å². The van der Waals surface area contributed by atoms with Gasteiger partial charge in [0.2, 0.25) is 6.79 Å². The number of amides is 1. The van der Waals surface area contributed by atoms with Crippen LogP contribution in [0.25, 0.3) is 0 Å². The Kier molecular flexibility index (Phi) is 4.34. The van der Waals surface area contributed by atoms with Crippen LogP contribution in [0.4, 0.5) is 5.69 Å². The number of nitrogens with two attached hydrogens (primary N) is 1.